The standard InChI is InChI=1S/C25H24N2O4/c1-3-31-22-14-7-5-12-20(22)26-23(28)16-27-21-13-6-4-11-19(21)25(30,24(27)29)18-10-8-9-17(2)15-18/h4-15,30H,3,16H2,1-2H3,(H,26,28)/t25-/m1/s1. The number of aliphatic hydroxyl groups is 1. The van der Waals surface area contributed by atoms with Crippen molar-refractivity contribution in [3.63, 3.8) is 0 Å². The van der Waals surface area contributed by atoms with Crippen LogP contribution in [0.15, 0.2) is 72.8 Å². The number of hydrogen-bond donors (Lipinski definition) is 2. The van der Waals surface area contributed by atoms with E-state index in [1.165, 1.54) is 4.90 Å². The zero-order valence-corrected chi connectivity index (χ0v) is 17.5. The van der Waals surface area contributed by atoms with Gasteiger partial charge in [-0.1, -0.05) is 60.2 Å². The van der Waals surface area contributed by atoms with Gasteiger partial charge in [-0.2, -0.15) is 0 Å². The van der Waals surface area contributed by atoms with Crippen LogP contribution in [0.25, 0.3) is 0 Å². The third-order valence-corrected chi connectivity index (χ3v) is 5.34. The van der Waals surface area contributed by atoms with Gasteiger partial charge in [-0.05, 0) is 37.6 Å². The van der Waals surface area contributed by atoms with Crippen molar-refractivity contribution in [2.45, 2.75) is 19.4 Å². The maximum Gasteiger partial charge on any atom is 0.268 e. The van der Waals surface area contributed by atoms with E-state index in [1.54, 1.807) is 60.7 Å². The summed E-state index contributed by atoms with van der Waals surface area (Å²) in [5.41, 5.74) is 1.09. The molecule has 0 fully saturated rings. The molecule has 0 aromatic heterocycles. The smallest absolute Gasteiger partial charge is 0.268 e. The van der Waals surface area contributed by atoms with Crippen molar-refractivity contribution in [1.82, 2.24) is 0 Å². The highest BCUT2D eigenvalue weighted by Crippen LogP contribution is 2.44. The van der Waals surface area contributed by atoms with Gasteiger partial charge < -0.3 is 15.2 Å². The number of fused-ring (bicyclic) bond motifs is 1. The third-order valence-electron chi connectivity index (χ3n) is 5.34. The summed E-state index contributed by atoms with van der Waals surface area (Å²) in [7, 11) is 0. The van der Waals surface area contributed by atoms with Crippen LogP contribution in [0, 0.1) is 6.92 Å². The molecule has 0 saturated carbocycles. The zero-order chi connectivity index (χ0) is 22.0. The van der Waals surface area contributed by atoms with Gasteiger partial charge in [0.1, 0.15) is 12.3 Å². The average molecular weight is 416 g/mol. The molecule has 1 aliphatic heterocycles. The highest BCUT2D eigenvalue weighted by molar-refractivity contribution is 6.12. The van der Waals surface area contributed by atoms with Crippen molar-refractivity contribution in [3.8, 4) is 5.75 Å². The predicted octanol–water partition coefficient (Wildman–Crippen LogP) is 3.61. The van der Waals surface area contributed by atoms with Gasteiger partial charge in [0.2, 0.25) is 5.91 Å². The minimum absolute atomic E-state index is 0.232. The topological polar surface area (TPSA) is 78.9 Å². The van der Waals surface area contributed by atoms with Gasteiger partial charge in [0.15, 0.2) is 5.60 Å². The number of para-hydroxylation sites is 3. The molecule has 1 aliphatic rings. The van der Waals surface area contributed by atoms with E-state index in [1.807, 2.05) is 26.0 Å². The van der Waals surface area contributed by atoms with Gasteiger partial charge in [-0.3, -0.25) is 14.5 Å². The van der Waals surface area contributed by atoms with Crippen LogP contribution in [0.4, 0.5) is 11.4 Å². The van der Waals surface area contributed by atoms with Crippen molar-refractivity contribution >= 4 is 23.2 Å². The molecule has 2 amide bonds. The number of nitrogens with zero attached hydrogens (tertiary/aromatic N) is 1. The summed E-state index contributed by atoms with van der Waals surface area (Å²) < 4.78 is 5.55. The van der Waals surface area contributed by atoms with Crippen molar-refractivity contribution in [3.05, 3.63) is 89.5 Å². The number of ether oxygens (including phenoxy) is 1. The molecular weight excluding hydrogens is 392 g/mol. The zero-order valence-electron chi connectivity index (χ0n) is 17.5. The molecular formula is C25H24N2O4. The van der Waals surface area contributed by atoms with Crippen LogP contribution in [0.5, 0.6) is 5.75 Å². The van der Waals surface area contributed by atoms with Crippen molar-refractivity contribution in [2.75, 3.05) is 23.4 Å². The summed E-state index contributed by atoms with van der Waals surface area (Å²) in [5.74, 6) is -0.376. The van der Waals surface area contributed by atoms with Crippen LogP contribution >= 0.6 is 0 Å². The second-order valence-corrected chi connectivity index (χ2v) is 7.47. The van der Waals surface area contributed by atoms with Gasteiger partial charge in [0.25, 0.3) is 5.91 Å². The van der Waals surface area contributed by atoms with E-state index in [4.69, 9.17) is 4.74 Å². The van der Waals surface area contributed by atoms with E-state index >= 15 is 0 Å². The van der Waals surface area contributed by atoms with Crippen molar-refractivity contribution in [1.29, 1.82) is 0 Å². The normalized spacial score (nSPS) is 17.4. The molecule has 0 radical (unpaired) electrons. The highest BCUT2D eigenvalue weighted by atomic mass is 16.5. The number of hydrogen-bond acceptors (Lipinski definition) is 4. The van der Waals surface area contributed by atoms with E-state index in [-0.39, 0.29) is 12.5 Å². The Kier molecular flexibility index (Phi) is 5.48. The molecule has 4 rings (SSSR count). The fraction of sp³-hybridized carbons (Fsp3) is 0.200. The third kappa shape index (κ3) is 3.66. The Morgan fingerprint density at radius 1 is 1.06 bits per heavy atom. The summed E-state index contributed by atoms with van der Waals surface area (Å²) >= 11 is 0. The molecule has 0 saturated heterocycles. The molecule has 6 nitrogen and oxygen atoms in total. The molecule has 3 aromatic carbocycles. The van der Waals surface area contributed by atoms with Crippen molar-refractivity contribution < 1.29 is 19.4 Å². The molecule has 0 bridgehead atoms. The number of anilines is 2. The molecule has 6 heteroatoms. The van der Waals surface area contributed by atoms with Crippen LogP contribution in [0.3, 0.4) is 0 Å². The molecule has 1 atom stereocenters. The number of aryl methyl sites for hydroxylation is 1. The Bertz CT molecular complexity index is 1140. The quantitative estimate of drug-likeness (QED) is 0.643. The maximum absolute atomic E-state index is 13.4. The molecule has 158 valence electrons. The van der Waals surface area contributed by atoms with E-state index in [2.05, 4.69) is 5.32 Å². The monoisotopic (exact) mass is 416 g/mol. The molecule has 1 heterocycles. The Morgan fingerprint density at radius 3 is 2.58 bits per heavy atom. The summed E-state index contributed by atoms with van der Waals surface area (Å²) in [5, 5.41) is 14.4. The SMILES string of the molecule is CCOc1ccccc1NC(=O)CN1C(=O)[C@@](O)(c2cccc(C)c2)c2ccccc21. The Hall–Kier alpha value is -3.64. The lowest BCUT2D eigenvalue weighted by atomic mass is 9.87. The predicted molar refractivity (Wildman–Crippen MR) is 119 cm³/mol. The maximum atomic E-state index is 13.4. The van der Waals surface area contributed by atoms with E-state index in [0.717, 1.165) is 5.56 Å². The minimum atomic E-state index is -1.84. The summed E-state index contributed by atoms with van der Waals surface area (Å²) in [6, 6.07) is 21.4. The van der Waals surface area contributed by atoms with Gasteiger partial charge in [-0.15, -0.1) is 0 Å². The molecule has 0 spiro atoms. The second kappa shape index (κ2) is 8.24. The second-order valence-electron chi connectivity index (χ2n) is 7.47. The van der Waals surface area contributed by atoms with Crippen LogP contribution < -0.4 is 15.0 Å². The van der Waals surface area contributed by atoms with Crippen LogP contribution in [-0.2, 0) is 15.2 Å². The number of benzene rings is 3. The van der Waals surface area contributed by atoms with Gasteiger partial charge in [0.05, 0.1) is 18.0 Å². The lowest BCUT2D eigenvalue weighted by Gasteiger charge is -2.24. The number of carbonyl (C=O) groups excluding carboxylic acids is 2. The van der Waals surface area contributed by atoms with Gasteiger partial charge >= 0.3 is 0 Å². The number of carbonyl (C=O) groups is 2. The summed E-state index contributed by atoms with van der Waals surface area (Å²) in [6.07, 6.45) is 0. The van der Waals surface area contributed by atoms with Gasteiger partial charge in [0, 0.05) is 5.56 Å². The molecule has 0 unspecified atom stereocenters. The minimum Gasteiger partial charge on any atom is -0.492 e. The first-order valence-corrected chi connectivity index (χ1v) is 10.2. The first-order chi connectivity index (χ1) is 14.9. The van der Waals surface area contributed by atoms with Crippen LogP contribution in [0.1, 0.15) is 23.6 Å². The first-order valence-electron chi connectivity index (χ1n) is 10.2. The number of nitrogens with one attached hydrogen (secondary N) is 1. The molecule has 3 aromatic rings. The molecule has 2 N–H and O–H groups in total. The Labute approximate surface area is 181 Å². The van der Waals surface area contributed by atoms with Crippen molar-refractivity contribution in [2.24, 2.45) is 0 Å². The molecule has 0 aliphatic carbocycles. The lowest BCUT2D eigenvalue weighted by Crippen LogP contribution is -2.44. The number of rotatable bonds is 6. The fourth-order valence-electron chi connectivity index (χ4n) is 3.93. The van der Waals surface area contributed by atoms with Gasteiger partial charge in [-0.25, -0.2) is 0 Å². The lowest BCUT2D eigenvalue weighted by molar-refractivity contribution is -0.133. The highest BCUT2D eigenvalue weighted by Gasteiger charge is 2.51. The Morgan fingerprint density at radius 2 is 1.81 bits per heavy atom. The van der Waals surface area contributed by atoms with E-state index in [9.17, 15) is 14.7 Å². The fourth-order valence-corrected chi connectivity index (χ4v) is 3.93. The van der Waals surface area contributed by atoms with Crippen LogP contribution in [-0.4, -0.2) is 30.1 Å². The molecule has 31 heavy (non-hydrogen) atoms. The Balaban J connectivity index is 1.64. The first kappa shape index (κ1) is 20.6. The largest absolute Gasteiger partial charge is 0.492 e. The summed E-state index contributed by atoms with van der Waals surface area (Å²) in [4.78, 5) is 27.6. The summed E-state index contributed by atoms with van der Waals surface area (Å²) in [6.45, 7) is 4.00. The number of amides is 2. The average Bonchev–Trinajstić information content (AvgIpc) is 2.98. The van der Waals surface area contributed by atoms with Crippen LogP contribution in [0.2, 0.25) is 0 Å². The van der Waals surface area contributed by atoms with E-state index in [0.29, 0.717) is 34.9 Å². The van der Waals surface area contributed by atoms with E-state index < -0.39 is 11.5 Å².